The number of amides is 1. The molecule has 4 rings (SSSR count). The van der Waals surface area contributed by atoms with Crippen molar-refractivity contribution in [3.63, 3.8) is 0 Å². The highest BCUT2D eigenvalue weighted by atomic mass is 19.4. The summed E-state index contributed by atoms with van der Waals surface area (Å²) in [6, 6.07) is 2.77. The van der Waals surface area contributed by atoms with E-state index in [1.165, 1.54) is 18.3 Å². The zero-order valence-corrected chi connectivity index (χ0v) is 12.5. The molecule has 1 heterocycles. The topological polar surface area (TPSA) is 51.2 Å². The van der Waals surface area contributed by atoms with E-state index in [0.717, 1.165) is 0 Å². The molecule has 3 aliphatic carbocycles. The number of hydrogen-bond donors (Lipinski definition) is 1. The van der Waals surface area contributed by atoms with Gasteiger partial charge in [-0.2, -0.15) is 13.2 Å². The number of nitrogens with one attached hydrogen (secondary N) is 1. The first-order valence-electron chi connectivity index (χ1n) is 7.35. The highest BCUT2D eigenvalue weighted by molar-refractivity contribution is 5.86. The third-order valence-electron chi connectivity index (χ3n) is 4.65. The van der Waals surface area contributed by atoms with Crippen molar-refractivity contribution in [1.82, 2.24) is 10.3 Å². The van der Waals surface area contributed by atoms with Crippen LogP contribution in [0.15, 0.2) is 18.3 Å². The number of rotatable bonds is 6. The lowest BCUT2D eigenvalue weighted by Crippen LogP contribution is -2.70. The molecule has 1 aromatic heterocycles. The van der Waals surface area contributed by atoms with Gasteiger partial charge < -0.3 is 10.1 Å². The molecule has 0 spiro atoms. The number of pyridine rings is 1. The average molecular weight is 350 g/mol. The van der Waals surface area contributed by atoms with Crippen molar-refractivity contribution < 1.29 is 31.5 Å². The van der Waals surface area contributed by atoms with Crippen LogP contribution in [0.3, 0.4) is 0 Å². The van der Waals surface area contributed by atoms with E-state index in [1.807, 2.05) is 0 Å². The van der Waals surface area contributed by atoms with E-state index in [0.29, 0.717) is 5.56 Å². The summed E-state index contributed by atoms with van der Waals surface area (Å²) in [6.07, 6.45) is -4.88. The first kappa shape index (κ1) is 16.9. The molecule has 132 valence electrons. The molecule has 0 atom stereocenters. The SMILES string of the molecule is O=C(NCc1ccc(OCC(F)(F)F)nc1)C12CC(C(F)F)(C1)C2. The van der Waals surface area contributed by atoms with Gasteiger partial charge in [-0.05, 0) is 24.8 Å². The number of carbonyl (C=O) groups excluding carboxylic acids is 1. The third-order valence-corrected chi connectivity index (χ3v) is 4.65. The average Bonchev–Trinajstić information content (AvgIpc) is 2.40. The Morgan fingerprint density at radius 1 is 1.29 bits per heavy atom. The molecule has 2 bridgehead atoms. The summed E-state index contributed by atoms with van der Waals surface area (Å²) in [6.45, 7) is -1.29. The van der Waals surface area contributed by atoms with Crippen molar-refractivity contribution in [3.8, 4) is 5.88 Å². The molecule has 1 N–H and O–H groups in total. The van der Waals surface area contributed by atoms with Crippen LogP contribution in [0.5, 0.6) is 5.88 Å². The molecule has 24 heavy (non-hydrogen) atoms. The van der Waals surface area contributed by atoms with Gasteiger partial charge in [-0.3, -0.25) is 4.79 Å². The van der Waals surface area contributed by atoms with Crippen molar-refractivity contribution >= 4 is 5.91 Å². The number of hydrogen-bond acceptors (Lipinski definition) is 3. The standard InChI is InChI=1S/C15H15F5N2O2/c16-11(17)13-5-14(6-13,7-13)12(23)22-4-9-1-2-10(21-3-9)24-8-15(18,19)20/h1-3,11H,4-8H2,(H,22,23). The van der Waals surface area contributed by atoms with Crippen LogP contribution in [0.2, 0.25) is 0 Å². The van der Waals surface area contributed by atoms with Gasteiger partial charge in [-0.15, -0.1) is 0 Å². The Balaban J connectivity index is 1.45. The van der Waals surface area contributed by atoms with Gasteiger partial charge >= 0.3 is 6.18 Å². The van der Waals surface area contributed by atoms with Crippen LogP contribution in [0, 0.1) is 10.8 Å². The monoisotopic (exact) mass is 350 g/mol. The first-order valence-corrected chi connectivity index (χ1v) is 7.35. The second-order valence-electron chi connectivity index (χ2n) is 6.56. The fourth-order valence-corrected chi connectivity index (χ4v) is 3.47. The summed E-state index contributed by atoms with van der Waals surface area (Å²) in [5.41, 5.74) is -1.05. The Labute approximate surface area is 134 Å². The van der Waals surface area contributed by atoms with E-state index in [2.05, 4.69) is 15.0 Å². The van der Waals surface area contributed by atoms with Crippen LogP contribution in [0.25, 0.3) is 0 Å². The highest BCUT2D eigenvalue weighted by Crippen LogP contribution is 2.75. The zero-order valence-electron chi connectivity index (χ0n) is 12.5. The summed E-state index contributed by atoms with van der Waals surface area (Å²) >= 11 is 0. The smallest absolute Gasteiger partial charge is 0.422 e. The van der Waals surface area contributed by atoms with Crippen LogP contribution < -0.4 is 10.1 Å². The van der Waals surface area contributed by atoms with E-state index >= 15 is 0 Å². The van der Waals surface area contributed by atoms with Gasteiger partial charge in [-0.25, -0.2) is 13.8 Å². The zero-order chi connectivity index (χ0) is 17.6. The number of carbonyl (C=O) groups is 1. The van der Waals surface area contributed by atoms with E-state index in [-0.39, 0.29) is 37.6 Å². The van der Waals surface area contributed by atoms with Crippen molar-refractivity contribution in [3.05, 3.63) is 23.9 Å². The van der Waals surface area contributed by atoms with Gasteiger partial charge in [0.15, 0.2) is 6.61 Å². The Morgan fingerprint density at radius 3 is 2.46 bits per heavy atom. The van der Waals surface area contributed by atoms with Crippen molar-refractivity contribution in [2.45, 2.75) is 38.4 Å². The minimum Gasteiger partial charge on any atom is -0.468 e. The maximum absolute atomic E-state index is 12.7. The van der Waals surface area contributed by atoms with Crippen LogP contribution in [0.1, 0.15) is 24.8 Å². The normalized spacial score (nSPS) is 28.1. The Morgan fingerprint density at radius 2 is 1.96 bits per heavy atom. The quantitative estimate of drug-likeness (QED) is 0.803. The van der Waals surface area contributed by atoms with Crippen LogP contribution in [0.4, 0.5) is 22.0 Å². The van der Waals surface area contributed by atoms with E-state index < -0.39 is 30.0 Å². The lowest BCUT2D eigenvalue weighted by molar-refractivity contribution is -0.255. The molecule has 3 fully saturated rings. The predicted octanol–water partition coefficient (Wildman–Crippen LogP) is 3.07. The van der Waals surface area contributed by atoms with Gasteiger partial charge in [0.05, 0.1) is 5.41 Å². The number of nitrogens with zero attached hydrogens (tertiary/aromatic N) is 1. The molecular weight excluding hydrogens is 335 g/mol. The predicted molar refractivity (Wildman–Crippen MR) is 72.4 cm³/mol. The molecule has 0 radical (unpaired) electrons. The van der Waals surface area contributed by atoms with Gasteiger partial charge in [0, 0.05) is 24.2 Å². The minimum atomic E-state index is -4.44. The Hall–Kier alpha value is -1.93. The van der Waals surface area contributed by atoms with Gasteiger partial charge in [0.1, 0.15) is 0 Å². The van der Waals surface area contributed by atoms with E-state index in [4.69, 9.17) is 0 Å². The third kappa shape index (κ3) is 3.03. The molecule has 1 amide bonds. The Bertz CT molecular complexity index is 610. The first-order chi connectivity index (χ1) is 11.1. The van der Waals surface area contributed by atoms with E-state index in [1.54, 1.807) is 0 Å². The molecule has 1 aromatic rings. The molecule has 4 nitrogen and oxygen atoms in total. The molecule has 0 saturated heterocycles. The van der Waals surface area contributed by atoms with Crippen LogP contribution in [-0.2, 0) is 11.3 Å². The van der Waals surface area contributed by atoms with Gasteiger partial charge in [-0.1, -0.05) is 6.07 Å². The van der Waals surface area contributed by atoms with Gasteiger partial charge in [0.25, 0.3) is 0 Å². The molecule has 3 aliphatic rings. The molecular formula is C15H15F5N2O2. The summed E-state index contributed by atoms with van der Waals surface area (Å²) in [5, 5.41) is 2.67. The van der Waals surface area contributed by atoms with Gasteiger partial charge in [0.2, 0.25) is 18.2 Å². The van der Waals surface area contributed by atoms with Crippen LogP contribution in [-0.4, -0.2) is 30.1 Å². The maximum atomic E-state index is 12.7. The van der Waals surface area contributed by atoms with E-state index in [9.17, 15) is 26.7 Å². The van der Waals surface area contributed by atoms with Crippen molar-refractivity contribution in [2.24, 2.45) is 10.8 Å². The highest BCUT2D eigenvalue weighted by Gasteiger charge is 2.75. The molecule has 3 saturated carbocycles. The second-order valence-corrected chi connectivity index (χ2v) is 6.56. The largest absolute Gasteiger partial charge is 0.468 e. The maximum Gasteiger partial charge on any atom is 0.422 e. The minimum absolute atomic E-state index is 0.134. The van der Waals surface area contributed by atoms with Crippen molar-refractivity contribution in [2.75, 3.05) is 6.61 Å². The fourth-order valence-electron chi connectivity index (χ4n) is 3.47. The molecule has 0 aliphatic heterocycles. The molecule has 9 heteroatoms. The summed E-state index contributed by atoms with van der Waals surface area (Å²) < 4.78 is 66.0. The lowest BCUT2D eigenvalue weighted by Gasteiger charge is -2.68. The number of alkyl halides is 5. The number of aromatic nitrogens is 1. The lowest BCUT2D eigenvalue weighted by atomic mass is 9.35. The second kappa shape index (κ2) is 5.56. The number of halogens is 5. The number of ether oxygens (including phenoxy) is 1. The summed E-state index contributed by atoms with van der Waals surface area (Å²) in [7, 11) is 0. The summed E-state index contributed by atoms with van der Waals surface area (Å²) in [5.74, 6) is -0.428. The fraction of sp³-hybridized carbons (Fsp3) is 0.600. The Kier molecular flexibility index (Phi) is 3.92. The molecule has 0 aromatic carbocycles. The van der Waals surface area contributed by atoms with Crippen LogP contribution >= 0.6 is 0 Å². The van der Waals surface area contributed by atoms with Crippen molar-refractivity contribution in [1.29, 1.82) is 0 Å². The summed E-state index contributed by atoms with van der Waals surface area (Å²) in [4.78, 5) is 15.8. The molecule has 0 unspecified atom stereocenters.